The zero-order chi connectivity index (χ0) is 13.7. The van der Waals surface area contributed by atoms with Crippen molar-refractivity contribution in [2.24, 2.45) is 5.84 Å². The van der Waals surface area contributed by atoms with E-state index in [1.165, 1.54) is 4.90 Å². The summed E-state index contributed by atoms with van der Waals surface area (Å²) in [4.78, 5) is 30.2. The van der Waals surface area contributed by atoms with Gasteiger partial charge in [-0.1, -0.05) is 0 Å². The summed E-state index contributed by atoms with van der Waals surface area (Å²) < 4.78 is 0. The zero-order valence-corrected chi connectivity index (χ0v) is 9.88. The van der Waals surface area contributed by atoms with E-state index in [1.807, 2.05) is 0 Å². The zero-order valence-electron chi connectivity index (χ0n) is 9.88. The van der Waals surface area contributed by atoms with Crippen LogP contribution >= 0.6 is 0 Å². The van der Waals surface area contributed by atoms with Crippen LogP contribution < -0.4 is 16.6 Å². The molecule has 0 aliphatic heterocycles. The van der Waals surface area contributed by atoms with Gasteiger partial charge in [0.05, 0.1) is 11.5 Å². The Morgan fingerprint density at radius 2 is 2.11 bits per heavy atom. The molecule has 98 valence electrons. The fraction of sp³-hybridized carbons (Fsp3) is 0.375. The first-order valence-electron chi connectivity index (χ1n) is 4.87. The van der Waals surface area contributed by atoms with Crippen LogP contribution in [0.15, 0.2) is 6.33 Å². The summed E-state index contributed by atoms with van der Waals surface area (Å²) in [6.45, 7) is -0.116. The largest absolute Gasteiger partial charge is 0.355 e. The number of nitrogens with zero attached hydrogens (tertiary/aromatic N) is 4. The number of nitrogens with two attached hydrogens (primary N) is 1. The molecule has 0 fully saturated rings. The second kappa shape index (κ2) is 5.72. The van der Waals surface area contributed by atoms with Gasteiger partial charge in [-0.2, -0.15) is 0 Å². The molecule has 0 radical (unpaired) electrons. The SMILES string of the molecule is CN(C)C(=O)CNc1ncnc(NN)c1[N+](=O)[O-]. The third kappa shape index (κ3) is 3.01. The monoisotopic (exact) mass is 255 g/mol. The Bertz CT molecular complexity index is 462. The number of hydrazine groups is 1. The van der Waals surface area contributed by atoms with E-state index in [9.17, 15) is 14.9 Å². The number of carbonyl (C=O) groups is 1. The molecule has 0 saturated carbocycles. The van der Waals surface area contributed by atoms with Crippen molar-refractivity contribution in [3.63, 3.8) is 0 Å². The van der Waals surface area contributed by atoms with Crippen molar-refractivity contribution in [3.8, 4) is 0 Å². The molecule has 0 aliphatic carbocycles. The van der Waals surface area contributed by atoms with Gasteiger partial charge >= 0.3 is 5.69 Å². The topological polar surface area (TPSA) is 139 Å². The molecule has 0 saturated heterocycles. The fourth-order valence-electron chi connectivity index (χ4n) is 1.10. The van der Waals surface area contributed by atoms with E-state index in [2.05, 4.69) is 20.7 Å². The first kappa shape index (κ1) is 13.6. The second-order valence-corrected chi connectivity index (χ2v) is 3.46. The van der Waals surface area contributed by atoms with Gasteiger partial charge in [0.25, 0.3) is 0 Å². The maximum atomic E-state index is 11.4. The lowest BCUT2D eigenvalue weighted by atomic mass is 10.4. The quantitative estimate of drug-likeness (QED) is 0.352. The summed E-state index contributed by atoms with van der Waals surface area (Å²) in [7, 11) is 3.15. The Morgan fingerprint density at radius 1 is 1.50 bits per heavy atom. The molecule has 0 atom stereocenters. The molecular formula is C8H13N7O3. The van der Waals surface area contributed by atoms with Gasteiger partial charge in [0.15, 0.2) is 0 Å². The number of hydrogen-bond acceptors (Lipinski definition) is 8. The van der Waals surface area contributed by atoms with Crippen LogP contribution in [0.4, 0.5) is 17.3 Å². The molecule has 1 rings (SSSR count). The van der Waals surface area contributed by atoms with Crippen LogP contribution in [0.3, 0.4) is 0 Å². The van der Waals surface area contributed by atoms with Crippen molar-refractivity contribution in [2.75, 3.05) is 31.4 Å². The number of rotatable bonds is 5. The number of hydrogen-bond donors (Lipinski definition) is 3. The highest BCUT2D eigenvalue weighted by Crippen LogP contribution is 2.27. The molecule has 0 bridgehead atoms. The first-order valence-corrected chi connectivity index (χ1v) is 4.87. The smallest absolute Gasteiger partial charge is 0.354 e. The van der Waals surface area contributed by atoms with Crippen LogP contribution in [0, 0.1) is 10.1 Å². The fourth-order valence-corrected chi connectivity index (χ4v) is 1.10. The van der Waals surface area contributed by atoms with Crippen LogP contribution in [0.5, 0.6) is 0 Å². The van der Waals surface area contributed by atoms with Gasteiger partial charge in [0.2, 0.25) is 17.5 Å². The Morgan fingerprint density at radius 3 is 2.61 bits per heavy atom. The van der Waals surface area contributed by atoms with Gasteiger partial charge in [0, 0.05) is 14.1 Å². The first-order chi connectivity index (χ1) is 8.47. The van der Waals surface area contributed by atoms with Crippen molar-refractivity contribution < 1.29 is 9.72 Å². The Kier molecular flexibility index (Phi) is 4.32. The molecule has 1 aromatic heterocycles. The maximum absolute atomic E-state index is 11.4. The van der Waals surface area contributed by atoms with Crippen LogP contribution in [-0.4, -0.2) is 46.3 Å². The van der Waals surface area contributed by atoms with E-state index >= 15 is 0 Å². The molecule has 1 amide bonds. The minimum atomic E-state index is -0.683. The average molecular weight is 255 g/mol. The lowest BCUT2D eigenvalue weighted by Crippen LogP contribution is -2.29. The van der Waals surface area contributed by atoms with Gasteiger partial charge in [0.1, 0.15) is 6.33 Å². The normalized spacial score (nSPS) is 9.72. The second-order valence-electron chi connectivity index (χ2n) is 3.46. The predicted octanol–water partition coefficient (Wildman–Crippen LogP) is -0.829. The number of nitro groups is 1. The Balaban J connectivity index is 2.95. The number of amides is 1. The van der Waals surface area contributed by atoms with Crippen molar-refractivity contribution in [1.82, 2.24) is 14.9 Å². The van der Waals surface area contributed by atoms with Gasteiger partial charge < -0.3 is 15.6 Å². The summed E-state index contributed by atoms with van der Waals surface area (Å²) in [5.74, 6) is 4.67. The van der Waals surface area contributed by atoms with Gasteiger partial charge in [-0.25, -0.2) is 15.8 Å². The van der Waals surface area contributed by atoms with Crippen LogP contribution in [0.1, 0.15) is 0 Å². The molecule has 0 aliphatic rings. The van der Waals surface area contributed by atoms with Crippen molar-refractivity contribution in [2.45, 2.75) is 0 Å². The number of carbonyl (C=O) groups excluding carboxylic acids is 1. The minimum absolute atomic E-state index is 0.0712. The van der Waals surface area contributed by atoms with Crippen molar-refractivity contribution in [1.29, 1.82) is 0 Å². The van der Waals surface area contributed by atoms with Gasteiger partial charge in [-0.15, -0.1) is 0 Å². The van der Waals surface area contributed by atoms with E-state index in [0.717, 1.165) is 6.33 Å². The molecule has 1 heterocycles. The molecule has 1 aromatic rings. The van der Waals surface area contributed by atoms with Gasteiger partial charge in [-0.05, 0) is 0 Å². The summed E-state index contributed by atoms with van der Waals surface area (Å²) in [5, 5.41) is 13.4. The lowest BCUT2D eigenvalue weighted by molar-refractivity contribution is -0.383. The van der Waals surface area contributed by atoms with E-state index in [1.54, 1.807) is 14.1 Å². The summed E-state index contributed by atoms with van der Waals surface area (Å²) >= 11 is 0. The molecule has 0 aromatic carbocycles. The molecule has 10 heteroatoms. The highest BCUT2D eigenvalue weighted by atomic mass is 16.6. The predicted molar refractivity (Wildman–Crippen MR) is 63.7 cm³/mol. The Labute approximate surface area is 102 Å². The molecule has 0 unspecified atom stereocenters. The van der Waals surface area contributed by atoms with Crippen molar-refractivity contribution in [3.05, 3.63) is 16.4 Å². The summed E-state index contributed by atoms with van der Waals surface area (Å²) in [5.41, 5.74) is 1.69. The lowest BCUT2D eigenvalue weighted by Gasteiger charge is -2.11. The molecule has 18 heavy (non-hydrogen) atoms. The average Bonchev–Trinajstić information content (AvgIpc) is 2.34. The standard InChI is InChI=1S/C8H13N7O3/c1-14(2)5(16)3-10-7-6(15(17)18)8(13-9)12-4-11-7/h4H,3,9H2,1-2H3,(H2,10,11,12,13). The molecular weight excluding hydrogens is 242 g/mol. The highest BCUT2D eigenvalue weighted by Gasteiger charge is 2.22. The van der Waals surface area contributed by atoms with Crippen molar-refractivity contribution >= 4 is 23.2 Å². The summed E-state index contributed by atoms with van der Waals surface area (Å²) in [6.07, 6.45) is 1.10. The van der Waals surface area contributed by atoms with E-state index in [0.29, 0.717) is 0 Å². The Hall–Kier alpha value is -2.49. The minimum Gasteiger partial charge on any atom is -0.355 e. The molecule has 10 nitrogen and oxygen atoms in total. The van der Waals surface area contributed by atoms with Crippen LogP contribution in [0.2, 0.25) is 0 Å². The third-order valence-corrected chi connectivity index (χ3v) is 2.05. The van der Waals surface area contributed by atoms with Gasteiger partial charge in [-0.3, -0.25) is 14.9 Å². The maximum Gasteiger partial charge on any atom is 0.354 e. The number of anilines is 2. The number of nitrogen functional groups attached to an aromatic ring is 1. The number of likely N-dealkylation sites (N-methyl/N-ethyl adjacent to an activating group) is 1. The highest BCUT2D eigenvalue weighted by molar-refractivity contribution is 5.81. The number of nitrogens with one attached hydrogen (secondary N) is 2. The van der Waals surface area contributed by atoms with E-state index in [4.69, 9.17) is 5.84 Å². The van der Waals surface area contributed by atoms with E-state index in [-0.39, 0.29) is 24.1 Å². The number of aromatic nitrogens is 2. The molecule has 0 spiro atoms. The third-order valence-electron chi connectivity index (χ3n) is 2.05. The summed E-state index contributed by atoms with van der Waals surface area (Å²) in [6, 6.07) is 0. The van der Waals surface area contributed by atoms with Crippen LogP contribution in [-0.2, 0) is 4.79 Å². The van der Waals surface area contributed by atoms with Crippen LogP contribution in [0.25, 0.3) is 0 Å². The van der Waals surface area contributed by atoms with E-state index < -0.39 is 10.6 Å². The molecule has 4 N–H and O–H groups in total.